The van der Waals surface area contributed by atoms with Crippen molar-refractivity contribution < 1.29 is 4.74 Å². The van der Waals surface area contributed by atoms with Gasteiger partial charge in [-0.05, 0) is 13.3 Å². The number of allylic oxidation sites excluding steroid dienone is 1. The Morgan fingerprint density at radius 1 is 1.67 bits per heavy atom. The van der Waals surface area contributed by atoms with Crippen LogP contribution in [-0.4, -0.2) is 28.5 Å². The van der Waals surface area contributed by atoms with Crippen LogP contribution in [0.15, 0.2) is 23.6 Å². The van der Waals surface area contributed by atoms with Gasteiger partial charge in [0.25, 0.3) is 5.56 Å². The van der Waals surface area contributed by atoms with Gasteiger partial charge in [0.1, 0.15) is 5.02 Å². The number of rotatable bonds is 6. The maximum atomic E-state index is 12.1. The first kappa shape index (κ1) is 16.0. The van der Waals surface area contributed by atoms with Crippen LogP contribution in [0.3, 0.4) is 0 Å². The zero-order chi connectivity index (χ0) is 15.6. The fraction of sp³-hybridized carbons (Fsp3) is 0.600. The van der Waals surface area contributed by atoms with Crippen LogP contribution >= 0.6 is 11.6 Å². The van der Waals surface area contributed by atoms with E-state index in [-0.39, 0.29) is 28.1 Å². The highest BCUT2D eigenvalue weighted by Crippen LogP contribution is 2.44. The summed E-state index contributed by atoms with van der Waals surface area (Å²) in [5.74, 6) is 0. The molecule has 1 fully saturated rings. The first-order valence-electron chi connectivity index (χ1n) is 7.16. The lowest BCUT2D eigenvalue weighted by Gasteiger charge is -2.52. The number of hydrogen-bond donors (Lipinski definition) is 1. The van der Waals surface area contributed by atoms with Crippen molar-refractivity contribution in [1.82, 2.24) is 9.78 Å². The van der Waals surface area contributed by atoms with Gasteiger partial charge in [-0.1, -0.05) is 31.5 Å². The molecule has 1 heterocycles. The van der Waals surface area contributed by atoms with Gasteiger partial charge < -0.3 is 10.1 Å². The summed E-state index contributed by atoms with van der Waals surface area (Å²) in [7, 11) is 0. The molecule has 0 radical (unpaired) electrons. The fourth-order valence-electron chi connectivity index (χ4n) is 2.62. The van der Waals surface area contributed by atoms with Gasteiger partial charge >= 0.3 is 0 Å². The molecule has 2 rings (SSSR count). The highest BCUT2D eigenvalue weighted by atomic mass is 35.5. The molecule has 1 aromatic rings. The van der Waals surface area contributed by atoms with Crippen LogP contribution < -0.4 is 10.9 Å². The summed E-state index contributed by atoms with van der Waals surface area (Å²) >= 11 is 6.15. The topological polar surface area (TPSA) is 56.1 Å². The Kier molecular flexibility index (Phi) is 4.74. The fourth-order valence-corrected chi connectivity index (χ4v) is 2.82. The number of halogens is 1. The van der Waals surface area contributed by atoms with Crippen molar-refractivity contribution in [2.45, 2.75) is 45.9 Å². The maximum Gasteiger partial charge on any atom is 0.287 e. The zero-order valence-electron chi connectivity index (χ0n) is 12.7. The summed E-state index contributed by atoms with van der Waals surface area (Å²) in [6, 6.07) is 0.211. The normalized spacial score (nSPS) is 23.4. The molecule has 0 aromatic carbocycles. The monoisotopic (exact) mass is 311 g/mol. The second-order valence-corrected chi connectivity index (χ2v) is 6.22. The van der Waals surface area contributed by atoms with E-state index in [1.165, 1.54) is 4.68 Å². The van der Waals surface area contributed by atoms with Crippen LogP contribution in [0.5, 0.6) is 0 Å². The second kappa shape index (κ2) is 6.20. The number of aromatic nitrogens is 2. The van der Waals surface area contributed by atoms with Gasteiger partial charge in [-0.3, -0.25) is 4.79 Å². The van der Waals surface area contributed by atoms with Crippen molar-refractivity contribution >= 4 is 17.3 Å². The average Bonchev–Trinajstić information content (AvgIpc) is 2.45. The highest BCUT2D eigenvalue weighted by molar-refractivity contribution is 6.32. The minimum atomic E-state index is -0.306. The van der Waals surface area contributed by atoms with E-state index < -0.39 is 0 Å². The van der Waals surface area contributed by atoms with Crippen molar-refractivity contribution in [1.29, 1.82) is 0 Å². The minimum Gasteiger partial charge on any atom is -0.379 e. The molecule has 1 aliphatic carbocycles. The lowest BCUT2D eigenvalue weighted by atomic mass is 9.64. The smallest absolute Gasteiger partial charge is 0.287 e. The largest absolute Gasteiger partial charge is 0.379 e. The third-order valence-corrected chi connectivity index (χ3v) is 4.53. The third-order valence-electron chi connectivity index (χ3n) is 4.16. The minimum absolute atomic E-state index is 0.00465. The maximum absolute atomic E-state index is 12.1. The molecule has 0 aliphatic heterocycles. The second-order valence-electron chi connectivity index (χ2n) is 5.85. The zero-order valence-corrected chi connectivity index (χ0v) is 13.5. The Labute approximate surface area is 129 Å². The third kappa shape index (κ3) is 2.99. The van der Waals surface area contributed by atoms with Crippen molar-refractivity contribution in [2.24, 2.45) is 5.41 Å². The predicted molar refractivity (Wildman–Crippen MR) is 84.9 cm³/mol. The number of nitrogens with zero attached hydrogens (tertiary/aromatic N) is 2. The Hall–Kier alpha value is -1.33. The lowest BCUT2D eigenvalue weighted by molar-refractivity contribution is -0.0976. The molecule has 0 bridgehead atoms. The van der Waals surface area contributed by atoms with Gasteiger partial charge in [-0.25, -0.2) is 4.68 Å². The van der Waals surface area contributed by atoms with Crippen molar-refractivity contribution in [3.05, 3.63) is 34.2 Å². The average molecular weight is 312 g/mol. The molecule has 1 N–H and O–H groups in total. The first-order chi connectivity index (χ1) is 9.91. The molecule has 0 spiro atoms. The lowest BCUT2D eigenvalue weighted by Crippen LogP contribution is -2.58. The number of nitrogens with one attached hydrogen (secondary N) is 1. The predicted octanol–water partition coefficient (Wildman–Crippen LogP) is 2.70. The quantitative estimate of drug-likeness (QED) is 0.821. The molecule has 6 heteroatoms. The van der Waals surface area contributed by atoms with Gasteiger partial charge in [0.05, 0.1) is 24.5 Å². The molecule has 1 aliphatic rings. The van der Waals surface area contributed by atoms with E-state index >= 15 is 0 Å². The Morgan fingerprint density at radius 3 is 2.95 bits per heavy atom. The standard InChI is InChI=1S/C15H22ClN3O2/c1-5-7-19-14(20)13(16)10(9-17-19)18-11-8-12(21-6-2)15(11,3)4/h5,9,11-12,18H,1,6-8H2,2-4H3. The summed E-state index contributed by atoms with van der Waals surface area (Å²) in [6.07, 6.45) is 4.33. The molecule has 2 atom stereocenters. The van der Waals surface area contributed by atoms with Crippen LogP contribution in [-0.2, 0) is 11.3 Å². The van der Waals surface area contributed by atoms with E-state index in [0.29, 0.717) is 18.8 Å². The van der Waals surface area contributed by atoms with Gasteiger partial charge in [-0.2, -0.15) is 5.10 Å². The summed E-state index contributed by atoms with van der Waals surface area (Å²) in [5, 5.41) is 7.59. The van der Waals surface area contributed by atoms with Crippen molar-refractivity contribution in [3.63, 3.8) is 0 Å². The summed E-state index contributed by atoms with van der Waals surface area (Å²) in [5.41, 5.74) is 0.269. The van der Waals surface area contributed by atoms with E-state index in [0.717, 1.165) is 6.42 Å². The van der Waals surface area contributed by atoms with E-state index in [1.807, 2.05) is 6.92 Å². The number of anilines is 1. The van der Waals surface area contributed by atoms with Crippen LogP contribution in [0, 0.1) is 5.41 Å². The molecule has 0 saturated heterocycles. The van der Waals surface area contributed by atoms with Crippen LogP contribution in [0.2, 0.25) is 5.02 Å². The van der Waals surface area contributed by atoms with Gasteiger partial charge in [0.2, 0.25) is 0 Å². The number of hydrogen-bond acceptors (Lipinski definition) is 4. The highest BCUT2D eigenvalue weighted by Gasteiger charge is 2.49. The van der Waals surface area contributed by atoms with Gasteiger partial charge in [-0.15, -0.1) is 6.58 Å². The first-order valence-corrected chi connectivity index (χ1v) is 7.54. The molecule has 1 saturated carbocycles. The number of ether oxygens (including phenoxy) is 1. The molecule has 116 valence electrons. The van der Waals surface area contributed by atoms with E-state index in [9.17, 15) is 4.79 Å². The van der Waals surface area contributed by atoms with E-state index in [4.69, 9.17) is 16.3 Å². The van der Waals surface area contributed by atoms with Gasteiger partial charge in [0, 0.05) is 18.1 Å². The molecular formula is C15H22ClN3O2. The van der Waals surface area contributed by atoms with E-state index in [1.54, 1.807) is 12.3 Å². The molecule has 1 aromatic heterocycles. The molecule has 0 amide bonds. The van der Waals surface area contributed by atoms with Crippen LogP contribution in [0.25, 0.3) is 0 Å². The van der Waals surface area contributed by atoms with Crippen LogP contribution in [0.1, 0.15) is 27.2 Å². The Bertz CT molecular complexity index is 583. The summed E-state index contributed by atoms with van der Waals surface area (Å²) < 4.78 is 6.99. The van der Waals surface area contributed by atoms with Crippen molar-refractivity contribution in [3.8, 4) is 0 Å². The molecular weight excluding hydrogens is 290 g/mol. The summed E-state index contributed by atoms with van der Waals surface area (Å²) in [4.78, 5) is 12.1. The van der Waals surface area contributed by atoms with Crippen molar-refractivity contribution in [2.75, 3.05) is 11.9 Å². The molecule has 5 nitrogen and oxygen atoms in total. The van der Waals surface area contributed by atoms with E-state index in [2.05, 4.69) is 30.8 Å². The van der Waals surface area contributed by atoms with Crippen LogP contribution in [0.4, 0.5) is 5.69 Å². The molecule has 2 unspecified atom stereocenters. The Morgan fingerprint density at radius 2 is 2.38 bits per heavy atom. The van der Waals surface area contributed by atoms with Gasteiger partial charge in [0.15, 0.2) is 0 Å². The summed E-state index contributed by atoms with van der Waals surface area (Å²) in [6.45, 7) is 10.9. The molecule has 21 heavy (non-hydrogen) atoms. The Balaban J connectivity index is 2.13. The SMILES string of the molecule is C=CCn1ncc(NC2CC(OCC)C2(C)C)c(Cl)c1=O.